The van der Waals surface area contributed by atoms with E-state index in [0.717, 1.165) is 23.2 Å². The van der Waals surface area contributed by atoms with Crippen molar-refractivity contribution in [2.24, 2.45) is 0 Å². The van der Waals surface area contributed by atoms with Crippen LogP contribution in [-0.4, -0.2) is 11.6 Å². The van der Waals surface area contributed by atoms with Gasteiger partial charge in [-0.05, 0) is 28.4 Å². The molecule has 0 atom stereocenters. The molecule has 0 radical (unpaired) electrons. The van der Waals surface area contributed by atoms with Gasteiger partial charge in [0.2, 0.25) is 0 Å². The smallest absolute Gasteiger partial charge is 0.138 e. The first-order valence-electron chi connectivity index (χ1n) is 7.06. The van der Waals surface area contributed by atoms with Crippen LogP contribution in [0.4, 0.5) is 0 Å². The summed E-state index contributed by atoms with van der Waals surface area (Å²) in [5.41, 5.74) is 0. The van der Waals surface area contributed by atoms with Gasteiger partial charge in [-0.1, -0.05) is 51.9 Å². The van der Waals surface area contributed by atoms with E-state index < -0.39 is 0 Å². The lowest BCUT2D eigenvalue weighted by atomic mass is 10.1. The highest BCUT2D eigenvalue weighted by Gasteiger charge is 1.96. The van der Waals surface area contributed by atoms with Crippen molar-refractivity contribution in [3.8, 4) is 5.75 Å². The second-order valence-electron chi connectivity index (χ2n) is 4.66. The predicted octanol–water partition coefficient (Wildman–Crippen LogP) is 5.36. The van der Waals surface area contributed by atoms with Gasteiger partial charge in [0.15, 0.2) is 0 Å². The molecule has 0 bridgehead atoms. The van der Waals surface area contributed by atoms with Crippen LogP contribution in [-0.2, 0) is 0 Å². The van der Waals surface area contributed by atoms with Gasteiger partial charge in [-0.15, -0.1) is 0 Å². The van der Waals surface area contributed by atoms with Crippen molar-refractivity contribution in [2.45, 2.75) is 58.3 Å². The Hall–Kier alpha value is -0.570. The minimum atomic E-state index is 0.799. The summed E-state index contributed by atoms with van der Waals surface area (Å²) in [4.78, 5) is 4.07. The van der Waals surface area contributed by atoms with Gasteiger partial charge in [0.1, 0.15) is 5.75 Å². The summed E-state index contributed by atoms with van der Waals surface area (Å²) in [5, 5.41) is 0. The van der Waals surface area contributed by atoms with E-state index in [-0.39, 0.29) is 0 Å². The Morgan fingerprint density at radius 1 is 1.00 bits per heavy atom. The molecule has 0 amide bonds. The third-order valence-corrected chi connectivity index (χ3v) is 3.38. The van der Waals surface area contributed by atoms with Crippen LogP contribution in [0, 0.1) is 0 Å². The van der Waals surface area contributed by atoms with E-state index in [2.05, 4.69) is 27.8 Å². The maximum Gasteiger partial charge on any atom is 0.138 e. The third-order valence-electron chi connectivity index (χ3n) is 2.95. The van der Waals surface area contributed by atoms with Crippen molar-refractivity contribution in [1.29, 1.82) is 0 Å². The second kappa shape index (κ2) is 10.4. The molecule has 18 heavy (non-hydrogen) atoms. The maximum atomic E-state index is 5.64. The Morgan fingerprint density at radius 3 is 2.33 bits per heavy atom. The number of unbranched alkanes of at least 4 members (excludes halogenated alkanes) is 7. The standard InChI is InChI=1S/C15H24BrNO/c1-2-3-4-5-6-7-8-9-10-18-15-11-14(16)12-17-13-15/h11-13H,2-10H2,1H3. The van der Waals surface area contributed by atoms with Crippen LogP contribution < -0.4 is 4.74 Å². The Kier molecular flexibility index (Phi) is 8.92. The number of hydrogen-bond acceptors (Lipinski definition) is 2. The minimum absolute atomic E-state index is 0.799. The van der Waals surface area contributed by atoms with E-state index >= 15 is 0 Å². The van der Waals surface area contributed by atoms with Crippen LogP contribution in [0.3, 0.4) is 0 Å². The fourth-order valence-corrected chi connectivity index (χ4v) is 2.24. The Bertz CT molecular complexity index is 317. The van der Waals surface area contributed by atoms with E-state index in [4.69, 9.17) is 4.74 Å². The topological polar surface area (TPSA) is 22.1 Å². The summed E-state index contributed by atoms with van der Waals surface area (Å²) in [7, 11) is 0. The summed E-state index contributed by atoms with van der Waals surface area (Å²) in [6, 6.07) is 1.96. The van der Waals surface area contributed by atoms with Crippen LogP contribution in [0.25, 0.3) is 0 Å². The Morgan fingerprint density at radius 2 is 1.67 bits per heavy atom. The van der Waals surface area contributed by atoms with Crippen molar-refractivity contribution >= 4 is 15.9 Å². The van der Waals surface area contributed by atoms with Crippen LogP contribution in [0.2, 0.25) is 0 Å². The molecule has 0 aromatic carbocycles. The molecule has 0 spiro atoms. The molecule has 0 N–H and O–H groups in total. The fourth-order valence-electron chi connectivity index (χ4n) is 1.90. The Labute approximate surface area is 119 Å². The van der Waals surface area contributed by atoms with Gasteiger partial charge in [-0.2, -0.15) is 0 Å². The number of ether oxygens (including phenoxy) is 1. The minimum Gasteiger partial charge on any atom is -0.492 e. The number of rotatable bonds is 10. The van der Waals surface area contributed by atoms with Crippen LogP contribution >= 0.6 is 15.9 Å². The van der Waals surface area contributed by atoms with Gasteiger partial charge in [0.25, 0.3) is 0 Å². The van der Waals surface area contributed by atoms with Gasteiger partial charge in [-0.3, -0.25) is 4.98 Å². The number of nitrogens with zero attached hydrogens (tertiary/aromatic N) is 1. The molecule has 1 aromatic rings. The lowest BCUT2D eigenvalue weighted by molar-refractivity contribution is 0.303. The molecule has 0 saturated heterocycles. The molecule has 0 aliphatic heterocycles. The van der Waals surface area contributed by atoms with E-state index in [9.17, 15) is 0 Å². The maximum absolute atomic E-state index is 5.64. The highest BCUT2D eigenvalue weighted by atomic mass is 79.9. The molecule has 0 fully saturated rings. The molecule has 1 heterocycles. The molecular weight excluding hydrogens is 290 g/mol. The highest BCUT2D eigenvalue weighted by Crippen LogP contribution is 2.16. The monoisotopic (exact) mass is 313 g/mol. The first-order valence-corrected chi connectivity index (χ1v) is 7.85. The summed E-state index contributed by atoms with van der Waals surface area (Å²) >= 11 is 3.38. The Balaban J connectivity index is 1.92. The zero-order chi connectivity index (χ0) is 13.1. The first-order chi connectivity index (χ1) is 8.83. The van der Waals surface area contributed by atoms with Crippen LogP contribution in [0.5, 0.6) is 5.75 Å². The number of aromatic nitrogens is 1. The van der Waals surface area contributed by atoms with E-state index in [1.165, 1.54) is 44.9 Å². The molecule has 1 rings (SSSR count). The average Bonchev–Trinajstić information content (AvgIpc) is 2.37. The van der Waals surface area contributed by atoms with Gasteiger partial charge in [0.05, 0.1) is 12.8 Å². The molecule has 0 unspecified atom stereocenters. The molecule has 1 aromatic heterocycles. The first kappa shape index (κ1) is 15.5. The highest BCUT2D eigenvalue weighted by molar-refractivity contribution is 9.10. The SMILES string of the molecule is CCCCCCCCCCOc1cncc(Br)c1. The molecule has 3 heteroatoms. The molecule has 102 valence electrons. The van der Waals surface area contributed by atoms with E-state index in [1.54, 1.807) is 12.4 Å². The number of pyridine rings is 1. The van der Waals surface area contributed by atoms with Crippen molar-refractivity contribution in [3.05, 3.63) is 22.9 Å². The van der Waals surface area contributed by atoms with Crippen LogP contribution in [0.1, 0.15) is 58.3 Å². The number of hydrogen-bond donors (Lipinski definition) is 0. The van der Waals surface area contributed by atoms with Gasteiger partial charge >= 0.3 is 0 Å². The summed E-state index contributed by atoms with van der Waals surface area (Å²) in [5.74, 6) is 0.854. The summed E-state index contributed by atoms with van der Waals surface area (Å²) < 4.78 is 6.61. The molecule has 0 aliphatic rings. The fraction of sp³-hybridized carbons (Fsp3) is 0.667. The molecule has 0 aliphatic carbocycles. The van der Waals surface area contributed by atoms with Gasteiger partial charge < -0.3 is 4.74 Å². The van der Waals surface area contributed by atoms with Gasteiger partial charge in [-0.25, -0.2) is 0 Å². The van der Waals surface area contributed by atoms with Crippen molar-refractivity contribution in [3.63, 3.8) is 0 Å². The van der Waals surface area contributed by atoms with Crippen molar-refractivity contribution in [2.75, 3.05) is 6.61 Å². The lowest BCUT2D eigenvalue weighted by Gasteiger charge is -2.05. The predicted molar refractivity (Wildman–Crippen MR) is 80.0 cm³/mol. The molecule has 0 saturated carbocycles. The summed E-state index contributed by atoms with van der Waals surface area (Å²) in [6.07, 6.45) is 14.2. The van der Waals surface area contributed by atoms with Crippen molar-refractivity contribution < 1.29 is 4.74 Å². The summed E-state index contributed by atoms with van der Waals surface area (Å²) in [6.45, 7) is 3.06. The average molecular weight is 314 g/mol. The normalized spacial score (nSPS) is 10.6. The van der Waals surface area contributed by atoms with E-state index in [1.807, 2.05) is 6.07 Å². The molecular formula is C15H24BrNO. The molecule has 2 nitrogen and oxygen atoms in total. The quantitative estimate of drug-likeness (QED) is 0.542. The van der Waals surface area contributed by atoms with Gasteiger partial charge in [0, 0.05) is 10.7 Å². The van der Waals surface area contributed by atoms with Crippen LogP contribution in [0.15, 0.2) is 22.9 Å². The number of halogens is 1. The third kappa shape index (κ3) is 7.70. The zero-order valence-electron chi connectivity index (χ0n) is 11.3. The van der Waals surface area contributed by atoms with Crippen molar-refractivity contribution in [1.82, 2.24) is 4.98 Å². The zero-order valence-corrected chi connectivity index (χ0v) is 12.9. The van der Waals surface area contributed by atoms with E-state index in [0.29, 0.717) is 0 Å². The largest absolute Gasteiger partial charge is 0.492 e. The second-order valence-corrected chi connectivity index (χ2v) is 5.58. The lowest BCUT2D eigenvalue weighted by Crippen LogP contribution is -1.97.